The van der Waals surface area contributed by atoms with Gasteiger partial charge >= 0.3 is 0 Å². The molecule has 1 aromatic heterocycles. The van der Waals surface area contributed by atoms with Crippen LogP contribution in [0.5, 0.6) is 0 Å². The molecule has 114 valence electrons. The number of nitrogens with one attached hydrogen (secondary N) is 1. The van der Waals surface area contributed by atoms with Gasteiger partial charge in [0, 0.05) is 25.5 Å². The van der Waals surface area contributed by atoms with E-state index in [1.54, 1.807) is 0 Å². The summed E-state index contributed by atoms with van der Waals surface area (Å²) >= 11 is 0. The highest BCUT2D eigenvalue weighted by molar-refractivity contribution is 5.00. The normalized spacial score (nSPS) is 20.4. The van der Waals surface area contributed by atoms with Crippen LogP contribution in [-0.4, -0.2) is 28.8 Å². The molecule has 4 heteroatoms. The SMILES string of the molecule is CCCNC(CCC1CCCO1)c1nccn1CCC. The average molecular weight is 279 g/mol. The van der Waals surface area contributed by atoms with Gasteiger partial charge in [0.25, 0.3) is 0 Å². The standard InChI is InChI=1S/C16H29N3O/c1-3-9-17-15(8-7-14-6-5-13-20-14)16-18-10-12-19(16)11-4-2/h10,12,14-15,17H,3-9,11,13H2,1-2H3. The van der Waals surface area contributed by atoms with E-state index in [1.807, 2.05) is 6.20 Å². The molecule has 0 spiro atoms. The maximum atomic E-state index is 5.75. The van der Waals surface area contributed by atoms with Crippen molar-refractivity contribution in [1.29, 1.82) is 0 Å². The van der Waals surface area contributed by atoms with Gasteiger partial charge in [-0.3, -0.25) is 0 Å². The summed E-state index contributed by atoms with van der Waals surface area (Å²) in [6.45, 7) is 7.48. The highest BCUT2D eigenvalue weighted by atomic mass is 16.5. The number of imidazole rings is 1. The lowest BCUT2D eigenvalue weighted by atomic mass is 10.0. The second-order valence-corrected chi connectivity index (χ2v) is 5.70. The van der Waals surface area contributed by atoms with Gasteiger partial charge in [-0.2, -0.15) is 0 Å². The Morgan fingerprint density at radius 2 is 2.35 bits per heavy atom. The summed E-state index contributed by atoms with van der Waals surface area (Å²) in [5, 5.41) is 3.66. The number of aryl methyl sites for hydroxylation is 1. The summed E-state index contributed by atoms with van der Waals surface area (Å²) in [7, 11) is 0. The molecule has 0 bridgehead atoms. The van der Waals surface area contributed by atoms with Gasteiger partial charge in [0.05, 0.1) is 12.1 Å². The van der Waals surface area contributed by atoms with Crippen LogP contribution in [0.1, 0.15) is 64.2 Å². The van der Waals surface area contributed by atoms with E-state index < -0.39 is 0 Å². The van der Waals surface area contributed by atoms with Crippen LogP contribution in [0.25, 0.3) is 0 Å². The molecular formula is C16H29N3O. The van der Waals surface area contributed by atoms with Crippen LogP contribution in [0.15, 0.2) is 12.4 Å². The Hall–Kier alpha value is -0.870. The molecule has 1 saturated heterocycles. The van der Waals surface area contributed by atoms with Crippen molar-refractivity contribution in [3.8, 4) is 0 Å². The first-order valence-electron chi connectivity index (χ1n) is 8.21. The third-order valence-corrected chi connectivity index (χ3v) is 3.97. The maximum absolute atomic E-state index is 5.75. The third kappa shape index (κ3) is 4.32. The summed E-state index contributed by atoms with van der Waals surface area (Å²) in [4.78, 5) is 4.59. The van der Waals surface area contributed by atoms with Crippen molar-refractivity contribution in [2.24, 2.45) is 0 Å². The van der Waals surface area contributed by atoms with Crippen LogP contribution in [0.3, 0.4) is 0 Å². The van der Waals surface area contributed by atoms with Crippen LogP contribution < -0.4 is 5.32 Å². The highest BCUT2D eigenvalue weighted by Gasteiger charge is 2.21. The Balaban J connectivity index is 1.95. The Morgan fingerprint density at radius 1 is 1.45 bits per heavy atom. The smallest absolute Gasteiger partial charge is 0.125 e. The molecule has 1 fully saturated rings. The van der Waals surface area contributed by atoms with Crippen molar-refractivity contribution >= 4 is 0 Å². The zero-order valence-corrected chi connectivity index (χ0v) is 13.0. The molecule has 4 nitrogen and oxygen atoms in total. The Labute approximate surface area is 122 Å². The minimum Gasteiger partial charge on any atom is -0.378 e. The first kappa shape index (κ1) is 15.5. The van der Waals surface area contributed by atoms with E-state index in [-0.39, 0.29) is 0 Å². The number of aromatic nitrogens is 2. The summed E-state index contributed by atoms with van der Waals surface area (Å²) in [5.41, 5.74) is 0. The van der Waals surface area contributed by atoms with E-state index in [0.29, 0.717) is 12.1 Å². The average Bonchev–Trinajstić information content (AvgIpc) is 3.11. The number of hydrogen-bond acceptors (Lipinski definition) is 3. The van der Waals surface area contributed by atoms with Crippen molar-refractivity contribution in [1.82, 2.24) is 14.9 Å². The maximum Gasteiger partial charge on any atom is 0.125 e. The summed E-state index contributed by atoms with van der Waals surface area (Å²) in [5.74, 6) is 1.19. The van der Waals surface area contributed by atoms with Crippen LogP contribution in [0, 0.1) is 0 Å². The zero-order valence-electron chi connectivity index (χ0n) is 13.0. The number of rotatable bonds is 9. The van der Waals surface area contributed by atoms with Gasteiger partial charge in [0.2, 0.25) is 0 Å². The first-order valence-corrected chi connectivity index (χ1v) is 8.21. The predicted molar refractivity (Wildman–Crippen MR) is 81.8 cm³/mol. The minimum absolute atomic E-state index is 0.362. The van der Waals surface area contributed by atoms with Crippen LogP contribution in [0.4, 0.5) is 0 Å². The van der Waals surface area contributed by atoms with Crippen LogP contribution in [0.2, 0.25) is 0 Å². The summed E-state index contributed by atoms with van der Waals surface area (Å²) < 4.78 is 8.04. The fraction of sp³-hybridized carbons (Fsp3) is 0.812. The Morgan fingerprint density at radius 3 is 3.05 bits per heavy atom. The molecule has 0 radical (unpaired) electrons. The fourth-order valence-corrected chi connectivity index (χ4v) is 2.93. The van der Waals surface area contributed by atoms with Gasteiger partial charge in [0.1, 0.15) is 5.82 Å². The van der Waals surface area contributed by atoms with Crippen molar-refractivity contribution in [3.05, 3.63) is 18.2 Å². The monoisotopic (exact) mass is 279 g/mol. The lowest BCUT2D eigenvalue weighted by Gasteiger charge is -2.21. The lowest BCUT2D eigenvalue weighted by Crippen LogP contribution is -2.26. The molecule has 2 unspecified atom stereocenters. The van der Waals surface area contributed by atoms with E-state index in [1.165, 1.54) is 18.7 Å². The van der Waals surface area contributed by atoms with Gasteiger partial charge < -0.3 is 14.6 Å². The molecule has 2 rings (SSSR count). The van der Waals surface area contributed by atoms with Crippen LogP contribution in [-0.2, 0) is 11.3 Å². The number of hydrogen-bond donors (Lipinski definition) is 1. The molecule has 0 amide bonds. The molecule has 2 atom stereocenters. The van der Waals surface area contributed by atoms with Gasteiger partial charge in [-0.1, -0.05) is 13.8 Å². The summed E-state index contributed by atoms with van der Waals surface area (Å²) in [6, 6.07) is 0.362. The van der Waals surface area contributed by atoms with Gasteiger partial charge in [-0.15, -0.1) is 0 Å². The zero-order chi connectivity index (χ0) is 14.2. The van der Waals surface area contributed by atoms with Crippen molar-refractivity contribution in [2.45, 2.75) is 71.1 Å². The minimum atomic E-state index is 0.362. The van der Waals surface area contributed by atoms with E-state index in [4.69, 9.17) is 4.74 Å². The Bertz CT molecular complexity index is 372. The predicted octanol–water partition coefficient (Wildman–Crippen LogP) is 3.29. The first-order chi connectivity index (χ1) is 9.85. The number of nitrogens with zero attached hydrogens (tertiary/aromatic N) is 2. The quantitative estimate of drug-likeness (QED) is 0.754. The van der Waals surface area contributed by atoms with Crippen molar-refractivity contribution < 1.29 is 4.74 Å². The molecule has 2 heterocycles. The van der Waals surface area contributed by atoms with Crippen molar-refractivity contribution in [3.63, 3.8) is 0 Å². The molecule has 1 aromatic rings. The van der Waals surface area contributed by atoms with E-state index >= 15 is 0 Å². The van der Waals surface area contributed by atoms with Crippen molar-refractivity contribution in [2.75, 3.05) is 13.2 Å². The molecule has 0 aliphatic carbocycles. The number of ether oxygens (including phenoxy) is 1. The van der Waals surface area contributed by atoms with E-state index in [2.05, 4.69) is 34.9 Å². The second kappa shape index (κ2) is 8.42. The molecule has 1 aliphatic heterocycles. The van der Waals surface area contributed by atoms with Gasteiger partial charge in [-0.25, -0.2) is 4.98 Å². The van der Waals surface area contributed by atoms with Gasteiger partial charge in [0.15, 0.2) is 0 Å². The highest BCUT2D eigenvalue weighted by Crippen LogP contribution is 2.23. The molecule has 0 aromatic carbocycles. The molecule has 1 aliphatic rings. The largest absolute Gasteiger partial charge is 0.378 e. The Kier molecular flexibility index (Phi) is 6.54. The topological polar surface area (TPSA) is 39.1 Å². The molecular weight excluding hydrogens is 250 g/mol. The molecule has 0 saturated carbocycles. The van der Waals surface area contributed by atoms with E-state index in [0.717, 1.165) is 45.4 Å². The second-order valence-electron chi connectivity index (χ2n) is 5.70. The molecule has 1 N–H and O–H groups in total. The molecule has 20 heavy (non-hydrogen) atoms. The van der Waals surface area contributed by atoms with Crippen LogP contribution >= 0.6 is 0 Å². The fourth-order valence-electron chi connectivity index (χ4n) is 2.93. The van der Waals surface area contributed by atoms with Gasteiger partial charge in [-0.05, 0) is 45.1 Å². The summed E-state index contributed by atoms with van der Waals surface area (Å²) in [6.07, 6.45) is 11.5. The third-order valence-electron chi connectivity index (χ3n) is 3.97. The van der Waals surface area contributed by atoms with E-state index in [9.17, 15) is 0 Å². The lowest BCUT2D eigenvalue weighted by molar-refractivity contribution is 0.0992.